The maximum absolute atomic E-state index is 12.6. The zero-order valence-electron chi connectivity index (χ0n) is 7.22. The zero-order valence-corrected chi connectivity index (χ0v) is 7.22. The van der Waals surface area contributed by atoms with Crippen molar-refractivity contribution in [2.45, 2.75) is 26.1 Å². The molecule has 0 spiro atoms. The Labute approximate surface area is 74.8 Å². The van der Waals surface area contributed by atoms with Crippen LogP contribution in [0.4, 0.5) is 8.78 Å². The van der Waals surface area contributed by atoms with Crippen LogP contribution in [-0.4, -0.2) is 6.29 Å². The fraction of sp³-hybridized carbons (Fsp3) is 0.556. The Hall–Kier alpha value is -1.06. The Balaban J connectivity index is 2.13. The highest BCUT2D eigenvalue weighted by atomic mass is 19.3. The van der Waals surface area contributed by atoms with E-state index in [-0.39, 0.29) is 17.4 Å². The minimum Gasteiger partial charge on any atom is -0.400 e. The van der Waals surface area contributed by atoms with E-state index in [2.05, 4.69) is 9.47 Å². The van der Waals surface area contributed by atoms with E-state index < -0.39 is 6.29 Å². The highest BCUT2D eigenvalue weighted by molar-refractivity contribution is 5.24. The average molecular weight is 188 g/mol. The minimum atomic E-state index is -3.46. The average Bonchev–Trinajstić information content (AvgIpc) is 2.36. The number of hydrogen-bond acceptors (Lipinski definition) is 2. The second-order valence-electron chi connectivity index (χ2n) is 3.19. The molecule has 1 atom stereocenters. The molecule has 72 valence electrons. The minimum absolute atomic E-state index is 0.176. The van der Waals surface area contributed by atoms with Crippen LogP contribution in [0.1, 0.15) is 19.8 Å². The van der Waals surface area contributed by atoms with Gasteiger partial charge < -0.3 is 9.47 Å². The first-order chi connectivity index (χ1) is 6.11. The van der Waals surface area contributed by atoms with Crippen molar-refractivity contribution in [1.82, 2.24) is 0 Å². The number of allylic oxidation sites excluding steroid dienone is 3. The summed E-state index contributed by atoms with van der Waals surface area (Å²) in [6.07, 6.45) is 1.41. The van der Waals surface area contributed by atoms with E-state index in [1.54, 1.807) is 6.08 Å². The molecule has 2 nitrogen and oxygen atoms in total. The van der Waals surface area contributed by atoms with Crippen molar-refractivity contribution in [3.63, 3.8) is 0 Å². The molecule has 0 bridgehead atoms. The second-order valence-corrected chi connectivity index (χ2v) is 3.19. The number of hydrogen-bond donors (Lipinski definition) is 0. The van der Waals surface area contributed by atoms with Gasteiger partial charge >= 0.3 is 6.29 Å². The molecule has 4 heteroatoms. The van der Waals surface area contributed by atoms with Crippen LogP contribution in [0.25, 0.3) is 0 Å². The highest BCUT2D eigenvalue weighted by Crippen LogP contribution is 2.39. The van der Waals surface area contributed by atoms with Gasteiger partial charge in [-0.3, -0.25) is 0 Å². The van der Waals surface area contributed by atoms with Crippen molar-refractivity contribution in [3.05, 3.63) is 23.7 Å². The second kappa shape index (κ2) is 2.72. The fourth-order valence-electron chi connectivity index (χ4n) is 1.48. The van der Waals surface area contributed by atoms with Gasteiger partial charge in [0.05, 0.1) is 0 Å². The van der Waals surface area contributed by atoms with Gasteiger partial charge in [0.2, 0.25) is 0 Å². The van der Waals surface area contributed by atoms with E-state index >= 15 is 0 Å². The Kier molecular flexibility index (Phi) is 1.78. The fourth-order valence-corrected chi connectivity index (χ4v) is 1.48. The molecule has 0 amide bonds. The number of halogens is 2. The lowest BCUT2D eigenvalue weighted by atomic mass is 9.96. The molecule has 1 unspecified atom stereocenters. The monoisotopic (exact) mass is 188 g/mol. The molecule has 1 aliphatic heterocycles. The maximum atomic E-state index is 12.6. The van der Waals surface area contributed by atoms with Gasteiger partial charge in [0.1, 0.15) is 5.76 Å². The van der Waals surface area contributed by atoms with E-state index in [0.29, 0.717) is 6.42 Å². The maximum Gasteiger partial charge on any atom is 0.585 e. The number of ether oxygens (including phenoxy) is 2. The predicted octanol–water partition coefficient (Wildman–Crippen LogP) is 2.78. The third kappa shape index (κ3) is 1.53. The summed E-state index contributed by atoms with van der Waals surface area (Å²) in [5.74, 6) is 0.741. The van der Waals surface area contributed by atoms with Crippen LogP contribution < -0.4 is 0 Å². The quantitative estimate of drug-likeness (QED) is 0.629. The smallest absolute Gasteiger partial charge is 0.400 e. The van der Waals surface area contributed by atoms with E-state index in [4.69, 9.17) is 0 Å². The number of alkyl halides is 2. The lowest BCUT2D eigenvalue weighted by Crippen LogP contribution is -2.16. The van der Waals surface area contributed by atoms with Crippen molar-refractivity contribution in [3.8, 4) is 0 Å². The van der Waals surface area contributed by atoms with Gasteiger partial charge in [0.15, 0.2) is 5.76 Å². The molecular weight excluding hydrogens is 178 g/mol. The molecule has 1 aliphatic carbocycles. The lowest BCUT2D eigenvalue weighted by Gasteiger charge is -2.13. The SMILES string of the molecule is CCC1C=CC2=C(C1)OC(F)(F)O2. The standard InChI is InChI=1S/C9H10F2O2/c1-2-6-3-4-7-8(5-6)13-9(10,11)12-7/h3-4,6H,2,5H2,1H3. The summed E-state index contributed by atoms with van der Waals surface area (Å²) in [6.45, 7) is 2.01. The van der Waals surface area contributed by atoms with Gasteiger partial charge in [-0.25, -0.2) is 0 Å². The van der Waals surface area contributed by atoms with E-state index in [1.807, 2.05) is 13.0 Å². The summed E-state index contributed by atoms with van der Waals surface area (Å²) in [6, 6.07) is 0. The first-order valence-electron chi connectivity index (χ1n) is 4.28. The van der Waals surface area contributed by atoms with Gasteiger partial charge in [-0.1, -0.05) is 13.0 Å². The molecule has 0 radical (unpaired) electrons. The molecule has 0 fully saturated rings. The van der Waals surface area contributed by atoms with Gasteiger partial charge in [0, 0.05) is 6.42 Å². The van der Waals surface area contributed by atoms with Gasteiger partial charge in [-0.05, 0) is 18.4 Å². The summed E-state index contributed by atoms with van der Waals surface area (Å²) in [4.78, 5) is 0. The zero-order chi connectivity index (χ0) is 9.47. The first-order valence-corrected chi connectivity index (χ1v) is 4.28. The van der Waals surface area contributed by atoms with Crippen molar-refractivity contribution < 1.29 is 18.3 Å². The van der Waals surface area contributed by atoms with E-state index in [0.717, 1.165) is 6.42 Å². The summed E-state index contributed by atoms with van der Waals surface area (Å²) in [5.41, 5.74) is 0. The molecule has 0 aromatic carbocycles. The summed E-state index contributed by atoms with van der Waals surface area (Å²) < 4.78 is 33.8. The van der Waals surface area contributed by atoms with Crippen molar-refractivity contribution in [2.24, 2.45) is 5.92 Å². The molecule has 0 aromatic heterocycles. The largest absolute Gasteiger partial charge is 0.585 e. The van der Waals surface area contributed by atoms with Gasteiger partial charge in [-0.2, -0.15) is 0 Å². The molecule has 2 aliphatic rings. The molecule has 2 rings (SSSR count). The van der Waals surface area contributed by atoms with Crippen molar-refractivity contribution in [2.75, 3.05) is 0 Å². The van der Waals surface area contributed by atoms with Gasteiger partial charge in [0.25, 0.3) is 0 Å². The molecular formula is C9H10F2O2. The van der Waals surface area contributed by atoms with E-state index in [9.17, 15) is 8.78 Å². The first kappa shape index (κ1) is 8.53. The summed E-state index contributed by atoms with van der Waals surface area (Å²) in [5, 5.41) is 0. The van der Waals surface area contributed by atoms with Crippen LogP contribution in [0.2, 0.25) is 0 Å². The topological polar surface area (TPSA) is 18.5 Å². The summed E-state index contributed by atoms with van der Waals surface area (Å²) >= 11 is 0. The lowest BCUT2D eigenvalue weighted by molar-refractivity contribution is -0.336. The molecule has 0 N–H and O–H groups in total. The Bertz CT molecular complexity index is 281. The number of rotatable bonds is 1. The Morgan fingerprint density at radius 2 is 2.31 bits per heavy atom. The van der Waals surface area contributed by atoms with Gasteiger partial charge in [-0.15, -0.1) is 8.78 Å². The highest BCUT2D eigenvalue weighted by Gasteiger charge is 2.45. The van der Waals surface area contributed by atoms with Crippen LogP contribution in [0.15, 0.2) is 23.7 Å². The molecule has 13 heavy (non-hydrogen) atoms. The van der Waals surface area contributed by atoms with Crippen LogP contribution in [0, 0.1) is 5.92 Å². The van der Waals surface area contributed by atoms with Crippen LogP contribution in [0.5, 0.6) is 0 Å². The third-order valence-corrected chi connectivity index (χ3v) is 2.24. The normalized spacial score (nSPS) is 29.6. The summed E-state index contributed by atoms with van der Waals surface area (Å²) in [7, 11) is 0. The van der Waals surface area contributed by atoms with Crippen molar-refractivity contribution in [1.29, 1.82) is 0 Å². The third-order valence-electron chi connectivity index (χ3n) is 2.24. The van der Waals surface area contributed by atoms with Crippen molar-refractivity contribution >= 4 is 0 Å². The van der Waals surface area contributed by atoms with E-state index in [1.165, 1.54) is 0 Å². The molecule has 1 heterocycles. The predicted molar refractivity (Wildman–Crippen MR) is 41.7 cm³/mol. The molecule has 0 saturated carbocycles. The molecule has 0 aromatic rings. The van der Waals surface area contributed by atoms with Crippen LogP contribution in [0.3, 0.4) is 0 Å². The molecule has 0 saturated heterocycles. The van der Waals surface area contributed by atoms with Crippen LogP contribution in [-0.2, 0) is 9.47 Å². The Morgan fingerprint density at radius 3 is 3.00 bits per heavy atom. The Morgan fingerprint density at radius 1 is 1.54 bits per heavy atom. The van der Waals surface area contributed by atoms with Crippen LogP contribution >= 0.6 is 0 Å².